The molecule has 1 heterocycles. The molecule has 7 nitrogen and oxygen atoms in total. The Morgan fingerprint density at radius 3 is 2.60 bits per heavy atom. The van der Waals surface area contributed by atoms with Crippen molar-refractivity contribution in [2.75, 3.05) is 19.5 Å². The smallest absolute Gasteiger partial charge is 0.396 e. The number of hydrogen-bond donors (Lipinski definition) is 1. The van der Waals surface area contributed by atoms with Crippen LogP contribution in [-0.2, 0) is 14.3 Å². The highest BCUT2D eigenvalue weighted by molar-refractivity contribution is 6.37. The first-order chi connectivity index (χ1) is 9.55. The molecule has 2 aromatic rings. The summed E-state index contributed by atoms with van der Waals surface area (Å²) in [6.45, 7) is 0. The van der Waals surface area contributed by atoms with E-state index in [9.17, 15) is 14.4 Å². The van der Waals surface area contributed by atoms with E-state index in [0.29, 0.717) is 11.1 Å². The molecule has 0 saturated heterocycles. The number of benzene rings is 1. The average Bonchev–Trinajstić information content (AvgIpc) is 2.45. The molecule has 0 bridgehead atoms. The standard InChI is InChI=1S/C13H11NO6/c1-18-10-5-7-3-4-11(15)20-9(7)6-8(10)14-12(16)13(17)19-2/h3-6H,1-2H3,(H,14,16). The van der Waals surface area contributed by atoms with E-state index in [2.05, 4.69) is 10.1 Å². The number of ether oxygens (including phenoxy) is 2. The average molecular weight is 277 g/mol. The van der Waals surface area contributed by atoms with E-state index in [4.69, 9.17) is 9.15 Å². The third kappa shape index (κ3) is 2.61. The lowest BCUT2D eigenvalue weighted by molar-refractivity contribution is -0.150. The number of carbonyl (C=O) groups excluding carboxylic acids is 2. The van der Waals surface area contributed by atoms with Gasteiger partial charge in [0.05, 0.1) is 19.9 Å². The Balaban J connectivity index is 2.48. The molecule has 20 heavy (non-hydrogen) atoms. The topological polar surface area (TPSA) is 94.8 Å². The minimum Gasteiger partial charge on any atom is -0.495 e. The molecule has 0 aliphatic carbocycles. The Labute approximate surface area is 113 Å². The number of rotatable bonds is 2. The van der Waals surface area contributed by atoms with E-state index >= 15 is 0 Å². The molecular weight excluding hydrogens is 266 g/mol. The molecule has 0 aliphatic rings. The molecule has 0 radical (unpaired) electrons. The maximum atomic E-state index is 11.5. The number of esters is 1. The number of carbonyl (C=O) groups is 2. The second-order valence-electron chi connectivity index (χ2n) is 3.79. The van der Waals surface area contributed by atoms with Gasteiger partial charge in [-0.3, -0.25) is 4.79 Å². The zero-order valence-electron chi connectivity index (χ0n) is 10.8. The van der Waals surface area contributed by atoms with E-state index in [1.807, 2.05) is 0 Å². The van der Waals surface area contributed by atoms with Crippen LogP contribution in [0.4, 0.5) is 5.69 Å². The fourth-order valence-electron chi connectivity index (χ4n) is 1.63. The summed E-state index contributed by atoms with van der Waals surface area (Å²) >= 11 is 0. The monoisotopic (exact) mass is 277 g/mol. The van der Waals surface area contributed by atoms with Crippen LogP contribution in [-0.4, -0.2) is 26.1 Å². The number of anilines is 1. The van der Waals surface area contributed by atoms with Crippen molar-refractivity contribution in [1.29, 1.82) is 0 Å². The quantitative estimate of drug-likeness (QED) is 0.498. The van der Waals surface area contributed by atoms with Gasteiger partial charge in [0.1, 0.15) is 11.3 Å². The summed E-state index contributed by atoms with van der Waals surface area (Å²) in [6, 6.07) is 5.81. The Hall–Kier alpha value is -2.83. The highest BCUT2D eigenvalue weighted by Crippen LogP contribution is 2.29. The predicted octanol–water partition coefficient (Wildman–Crippen LogP) is 0.913. The van der Waals surface area contributed by atoms with Gasteiger partial charge in [0.2, 0.25) is 0 Å². The molecule has 0 fully saturated rings. The number of methoxy groups -OCH3 is 2. The third-order valence-electron chi connectivity index (χ3n) is 2.56. The SMILES string of the molecule is COC(=O)C(=O)Nc1cc2oc(=O)ccc2cc1OC. The van der Waals surface area contributed by atoms with Gasteiger partial charge in [-0.25, -0.2) is 9.59 Å². The summed E-state index contributed by atoms with van der Waals surface area (Å²) in [4.78, 5) is 33.7. The van der Waals surface area contributed by atoms with Crippen LogP contribution >= 0.6 is 0 Å². The fraction of sp³-hybridized carbons (Fsp3) is 0.154. The van der Waals surface area contributed by atoms with Gasteiger partial charge >= 0.3 is 17.5 Å². The van der Waals surface area contributed by atoms with Gasteiger partial charge in [0.25, 0.3) is 0 Å². The summed E-state index contributed by atoms with van der Waals surface area (Å²) in [7, 11) is 2.51. The lowest BCUT2D eigenvalue weighted by Gasteiger charge is -2.10. The molecule has 0 atom stereocenters. The van der Waals surface area contributed by atoms with Crippen LogP contribution in [0.25, 0.3) is 11.0 Å². The van der Waals surface area contributed by atoms with Crippen LogP contribution in [0, 0.1) is 0 Å². The second kappa shape index (κ2) is 5.43. The number of fused-ring (bicyclic) bond motifs is 1. The summed E-state index contributed by atoms with van der Waals surface area (Å²) < 4.78 is 14.4. The maximum absolute atomic E-state index is 11.5. The van der Waals surface area contributed by atoms with E-state index in [-0.39, 0.29) is 11.3 Å². The van der Waals surface area contributed by atoms with Gasteiger partial charge in [0.15, 0.2) is 0 Å². The highest BCUT2D eigenvalue weighted by Gasteiger charge is 2.17. The first kappa shape index (κ1) is 13.6. The lowest BCUT2D eigenvalue weighted by atomic mass is 10.2. The largest absolute Gasteiger partial charge is 0.495 e. The molecule has 104 valence electrons. The fourth-order valence-corrected chi connectivity index (χ4v) is 1.63. The van der Waals surface area contributed by atoms with Gasteiger partial charge in [-0.15, -0.1) is 0 Å². The molecule has 1 aromatic carbocycles. The normalized spacial score (nSPS) is 10.1. The van der Waals surface area contributed by atoms with Crippen molar-refractivity contribution >= 4 is 28.5 Å². The van der Waals surface area contributed by atoms with Crippen LogP contribution in [0.2, 0.25) is 0 Å². The van der Waals surface area contributed by atoms with Gasteiger partial charge in [-0.2, -0.15) is 0 Å². The van der Waals surface area contributed by atoms with Crippen LogP contribution in [0.15, 0.2) is 33.5 Å². The van der Waals surface area contributed by atoms with Crippen molar-refractivity contribution in [3.05, 3.63) is 34.7 Å². The van der Waals surface area contributed by atoms with Crippen LogP contribution in [0.5, 0.6) is 5.75 Å². The predicted molar refractivity (Wildman–Crippen MR) is 69.7 cm³/mol. The molecular formula is C13H11NO6. The summed E-state index contributed by atoms with van der Waals surface area (Å²) in [5.41, 5.74) is -0.0591. The van der Waals surface area contributed by atoms with E-state index in [0.717, 1.165) is 7.11 Å². The van der Waals surface area contributed by atoms with Gasteiger partial charge in [-0.05, 0) is 12.1 Å². The molecule has 0 spiro atoms. The van der Waals surface area contributed by atoms with Crippen molar-refractivity contribution in [3.8, 4) is 5.75 Å². The minimum absolute atomic E-state index is 0.199. The van der Waals surface area contributed by atoms with Crippen molar-refractivity contribution < 1.29 is 23.5 Å². The first-order valence-electron chi connectivity index (χ1n) is 5.56. The zero-order chi connectivity index (χ0) is 14.7. The molecule has 0 aliphatic heterocycles. The first-order valence-corrected chi connectivity index (χ1v) is 5.56. The van der Waals surface area contributed by atoms with E-state index < -0.39 is 17.5 Å². The number of hydrogen-bond acceptors (Lipinski definition) is 6. The molecule has 7 heteroatoms. The van der Waals surface area contributed by atoms with Gasteiger partial charge < -0.3 is 19.2 Å². The maximum Gasteiger partial charge on any atom is 0.396 e. The van der Waals surface area contributed by atoms with Crippen LogP contribution in [0.1, 0.15) is 0 Å². The van der Waals surface area contributed by atoms with Crippen LogP contribution in [0.3, 0.4) is 0 Å². The summed E-state index contributed by atoms with van der Waals surface area (Å²) in [5, 5.41) is 2.95. The van der Waals surface area contributed by atoms with Crippen molar-refractivity contribution in [2.45, 2.75) is 0 Å². The molecule has 0 saturated carbocycles. The van der Waals surface area contributed by atoms with Gasteiger partial charge in [-0.1, -0.05) is 0 Å². The molecule has 0 unspecified atom stereocenters. The Morgan fingerprint density at radius 2 is 1.95 bits per heavy atom. The zero-order valence-corrected chi connectivity index (χ0v) is 10.8. The second-order valence-corrected chi connectivity index (χ2v) is 3.79. The summed E-state index contributed by atoms with van der Waals surface area (Å²) in [6.07, 6.45) is 0. The van der Waals surface area contributed by atoms with E-state index in [1.165, 1.54) is 19.2 Å². The molecule has 1 amide bonds. The van der Waals surface area contributed by atoms with Gasteiger partial charge in [0, 0.05) is 17.5 Å². The van der Waals surface area contributed by atoms with E-state index in [1.54, 1.807) is 12.1 Å². The molecule has 2 rings (SSSR count). The van der Waals surface area contributed by atoms with Crippen molar-refractivity contribution in [3.63, 3.8) is 0 Å². The highest BCUT2D eigenvalue weighted by atomic mass is 16.5. The van der Waals surface area contributed by atoms with Crippen molar-refractivity contribution in [1.82, 2.24) is 0 Å². The number of nitrogens with one attached hydrogen (secondary N) is 1. The summed E-state index contributed by atoms with van der Waals surface area (Å²) in [5.74, 6) is -1.67. The Morgan fingerprint density at radius 1 is 1.20 bits per heavy atom. The Kier molecular flexibility index (Phi) is 3.69. The molecule has 1 aromatic heterocycles. The Bertz CT molecular complexity index is 733. The minimum atomic E-state index is -1.04. The number of amides is 1. The van der Waals surface area contributed by atoms with Crippen LogP contribution < -0.4 is 15.7 Å². The third-order valence-corrected chi connectivity index (χ3v) is 2.56. The molecule has 1 N–H and O–H groups in total. The van der Waals surface area contributed by atoms with Crippen molar-refractivity contribution in [2.24, 2.45) is 0 Å². The lowest BCUT2D eigenvalue weighted by Crippen LogP contribution is -2.24.